The molecule has 0 atom stereocenters. The molecule has 1 aliphatic rings. The van der Waals surface area contributed by atoms with Gasteiger partial charge in [-0.05, 0) is 48.2 Å². The monoisotopic (exact) mass is 468 g/mol. The van der Waals surface area contributed by atoms with Crippen molar-refractivity contribution in [3.8, 4) is 23.0 Å². The lowest BCUT2D eigenvalue weighted by atomic mass is 10.1. The molecule has 1 aromatic heterocycles. The maximum absolute atomic E-state index is 12.4. The number of ether oxygens (including phenoxy) is 4. The topological polar surface area (TPSA) is 78.9 Å². The minimum atomic E-state index is -0.0217. The van der Waals surface area contributed by atoms with Crippen molar-refractivity contribution in [3.05, 3.63) is 47.5 Å². The van der Waals surface area contributed by atoms with Crippen molar-refractivity contribution >= 4 is 28.6 Å². The van der Waals surface area contributed by atoms with E-state index in [-0.39, 0.29) is 5.91 Å². The van der Waals surface area contributed by atoms with Gasteiger partial charge in [-0.3, -0.25) is 4.79 Å². The van der Waals surface area contributed by atoms with Crippen LogP contribution in [-0.4, -0.2) is 50.6 Å². The molecule has 8 heteroatoms. The number of hydrogen-bond donors (Lipinski definition) is 1. The van der Waals surface area contributed by atoms with Crippen LogP contribution in [-0.2, 0) is 17.6 Å². The van der Waals surface area contributed by atoms with Crippen LogP contribution >= 0.6 is 11.8 Å². The van der Waals surface area contributed by atoms with E-state index in [1.54, 1.807) is 14.2 Å². The molecular weight excluding hydrogens is 440 g/mol. The molecule has 0 fully saturated rings. The minimum absolute atomic E-state index is 0.0217. The highest BCUT2D eigenvalue weighted by molar-refractivity contribution is 7.99. The molecule has 174 valence electrons. The lowest BCUT2D eigenvalue weighted by Crippen LogP contribution is -2.27. The fourth-order valence-corrected chi connectivity index (χ4v) is 4.60. The summed E-state index contributed by atoms with van der Waals surface area (Å²) >= 11 is 1.46. The first-order valence-corrected chi connectivity index (χ1v) is 11.9. The lowest BCUT2D eigenvalue weighted by Gasteiger charge is -2.19. The van der Waals surface area contributed by atoms with Crippen LogP contribution in [0.4, 0.5) is 0 Å². The smallest absolute Gasteiger partial charge is 0.230 e. The second kappa shape index (κ2) is 10.7. The first kappa shape index (κ1) is 23.0. The standard InChI is InChI=1S/C25H28N2O5S/c1-4-17-12-18-13-22-23(32-10-9-31-22)14-19(18)27-25(17)33-15-24(28)26-8-7-16-5-6-20(29-2)21(11-16)30-3/h5-6,11-14H,4,7-10,15H2,1-3H3,(H,26,28). The van der Waals surface area contributed by atoms with E-state index in [1.165, 1.54) is 11.8 Å². The van der Waals surface area contributed by atoms with E-state index >= 15 is 0 Å². The molecule has 0 saturated heterocycles. The summed E-state index contributed by atoms with van der Waals surface area (Å²) in [5.41, 5.74) is 3.02. The maximum Gasteiger partial charge on any atom is 0.230 e. The summed E-state index contributed by atoms with van der Waals surface area (Å²) in [6.45, 7) is 3.73. The van der Waals surface area contributed by atoms with E-state index < -0.39 is 0 Å². The number of methoxy groups -OCH3 is 2. The minimum Gasteiger partial charge on any atom is -0.493 e. The number of thioether (sulfide) groups is 1. The SMILES string of the molecule is CCc1cc2cc3c(cc2nc1SCC(=O)NCCc1ccc(OC)c(OC)c1)OCCO3. The van der Waals surface area contributed by atoms with Gasteiger partial charge in [-0.1, -0.05) is 24.8 Å². The molecule has 7 nitrogen and oxygen atoms in total. The average Bonchev–Trinajstić information content (AvgIpc) is 2.85. The summed E-state index contributed by atoms with van der Waals surface area (Å²) in [5.74, 6) is 3.13. The zero-order valence-electron chi connectivity index (χ0n) is 19.1. The van der Waals surface area contributed by atoms with Gasteiger partial charge in [-0.2, -0.15) is 0 Å². The fraction of sp³-hybridized carbons (Fsp3) is 0.360. The number of amides is 1. The Labute approximate surface area is 197 Å². The summed E-state index contributed by atoms with van der Waals surface area (Å²) in [6.07, 6.45) is 1.54. The average molecular weight is 469 g/mol. The Morgan fingerprint density at radius 2 is 1.82 bits per heavy atom. The highest BCUT2D eigenvalue weighted by atomic mass is 32.2. The van der Waals surface area contributed by atoms with Crippen LogP contribution in [0.25, 0.3) is 10.9 Å². The summed E-state index contributed by atoms with van der Waals surface area (Å²) in [4.78, 5) is 17.3. The van der Waals surface area contributed by atoms with Gasteiger partial charge in [0, 0.05) is 18.0 Å². The van der Waals surface area contributed by atoms with Gasteiger partial charge in [0.1, 0.15) is 18.2 Å². The molecule has 2 aromatic carbocycles. The van der Waals surface area contributed by atoms with Crippen LogP contribution in [0.5, 0.6) is 23.0 Å². The Hall–Kier alpha value is -3.13. The predicted octanol–water partition coefficient (Wildman–Crippen LogP) is 4.04. The van der Waals surface area contributed by atoms with E-state index in [4.69, 9.17) is 23.9 Å². The Bertz CT molecular complexity index is 1150. The molecule has 0 spiro atoms. The van der Waals surface area contributed by atoms with E-state index in [0.717, 1.165) is 39.2 Å². The third-order valence-electron chi connectivity index (χ3n) is 5.42. The van der Waals surface area contributed by atoms with E-state index in [0.29, 0.717) is 49.2 Å². The van der Waals surface area contributed by atoms with Crippen LogP contribution in [0.1, 0.15) is 18.1 Å². The first-order chi connectivity index (χ1) is 16.1. The molecule has 1 amide bonds. The number of pyridine rings is 1. The highest BCUT2D eigenvalue weighted by Gasteiger charge is 2.16. The third-order valence-corrected chi connectivity index (χ3v) is 6.46. The molecule has 1 aliphatic heterocycles. The fourth-order valence-electron chi connectivity index (χ4n) is 3.68. The Kier molecular flexibility index (Phi) is 7.44. The second-order valence-electron chi connectivity index (χ2n) is 7.57. The van der Waals surface area contributed by atoms with Crippen LogP contribution in [0.2, 0.25) is 0 Å². The number of carbonyl (C=O) groups excluding carboxylic acids is 1. The molecule has 0 aliphatic carbocycles. The quantitative estimate of drug-likeness (QED) is 0.475. The third kappa shape index (κ3) is 5.45. The van der Waals surface area contributed by atoms with Crippen molar-refractivity contribution in [1.82, 2.24) is 10.3 Å². The normalized spacial score (nSPS) is 12.5. The molecule has 3 aromatic rings. The van der Waals surface area contributed by atoms with Crippen LogP contribution in [0.3, 0.4) is 0 Å². The number of fused-ring (bicyclic) bond motifs is 2. The van der Waals surface area contributed by atoms with Gasteiger partial charge in [0.2, 0.25) is 5.91 Å². The molecule has 33 heavy (non-hydrogen) atoms. The van der Waals surface area contributed by atoms with Crippen LogP contribution in [0, 0.1) is 0 Å². The lowest BCUT2D eigenvalue weighted by molar-refractivity contribution is -0.118. The molecule has 1 N–H and O–H groups in total. The predicted molar refractivity (Wildman–Crippen MR) is 129 cm³/mol. The van der Waals surface area contributed by atoms with Crippen molar-refractivity contribution in [2.45, 2.75) is 24.8 Å². The number of aromatic nitrogens is 1. The van der Waals surface area contributed by atoms with Gasteiger partial charge in [0.25, 0.3) is 0 Å². The highest BCUT2D eigenvalue weighted by Crippen LogP contribution is 2.36. The zero-order valence-corrected chi connectivity index (χ0v) is 19.9. The number of hydrogen-bond acceptors (Lipinski definition) is 7. The van der Waals surface area contributed by atoms with Gasteiger partial charge >= 0.3 is 0 Å². The Morgan fingerprint density at radius 1 is 1.06 bits per heavy atom. The van der Waals surface area contributed by atoms with Crippen molar-refractivity contribution in [2.24, 2.45) is 0 Å². The van der Waals surface area contributed by atoms with E-state index in [2.05, 4.69) is 18.3 Å². The number of rotatable bonds is 9. The largest absolute Gasteiger partial charge is 0.493 e. The second-order valence-corrected chi connectivity index (χ2v) is 8.54. The van der Waals surface area contributed by atoms with Crippen LogP contribution < -0.4 is 24.3 Å². The van der Waals surface area contributed by atoms with Crippen molar-refractivity contribution in [1.29, 1.82) is 0 Å². The van der Waals surface area contributed by atoms with Gasteiger partial charge in [0.05, 0.1) is 25.5 Å². The van der Waals surface area contributed by atoms with Crippen molar-refractivity contribution in [3.63, 3.8) is 0 Å². The molecule has 0 unspecified atom stereocenters. The van der Waals surface area contributed by atoms with Gasteiger partial charge in [-0.25, -0.2) is 4.98 Å². The molecular formula is C25H28N2O5S. The van der Waals surface area contributed by atoms with Crippen molar-refractivity contribution in [2.75, 3.05) is 39.7 Å². The van der Waals surface area contributed by atoms with Crippen LogP contribution in [0.15, 0.2) is 41.4 Å². The number of nitrogens with zero attached hydrogens (tertiary/aromatic N) is 1. The Balaban J connectivity index is 1.36. The first-order valence-electron chi connectivity index (χ1n) is 10.9. The van der Waals surface area contributed by atoms with E-state index in [9.17, 15) is 4.79 Å². The van der Waals surface area contributed by atoms with Crippen molar-refractivity contribution < 1.29 is 23.7 Å². The molecule has 2 heterocycles. The summed E-state index contributed by atoms with van der Waals surface area (Å²) in [7, 11) is 3.22. The molecule has 4 rings (SSSR count). The zero-order chi connectivity index (χ0) is 23.2. The Morgan fingerprint density at radius 3 is 2.55 bits per heavy atom. The van der Waals surface area contributed by atoms with E-state index in [1.807, 2.05) is 30.3 Å². The van der Waals surface area contributed by atoms with Gasteiger partial charge in [0.15, 0.2) is 23.0 Å². The number of benzene rings is 2. The number of aryl methyl sites for hydroxylation is 1. The summed E-state index contributed by atoms with van der Waals surface area (Å²) < 4.78 is 22.0. The summed E-state index contributed by atoms with van der Waals surface area (Å²) in [6, 6.07) is 11.8. The number of carbonyl (C=O) groups is 1. The number of nitrogens with one attached hydrogen (secondary N) is 1. The van der Waals surface area contributed by atoms with Gasteiger partial charge in [-0.15, -0.1) is 0 Å². The molecule has 0 bridgehead atoms. The molecule has 0 radical (unpaired) electrons. The maximum atomic E-state index is 12.4. The molecule has 0 saturated carbocycles. The summed E-state index contributed by atoms with van der Waals surface area (Å²) in [5, 5.41) is 4.87. The van der Waals surface area contributed by atoms with Gasteiger partial charge < -0.3 is 24.3 Å².